The third kappa shape index (κ3) is 3.44. The fourth-order valence-electron chi connectivity index (χ4n) is 2.83. The van der Waals surface area contributed by atoms with Crippen LogP contribution in [0, 0.1) is 0 Å². The van der Waals surface area contributed by atoms with Crippen LogP contribution in [0.3, 0.4) is 0 Å². The highest BCUT2D eigenvalue weighted by atomic mass is 16.2. The lowest BCUT2D eigenvalue weighted by molar-refractivity contribution is 0.0692. The highest BCUT2D eigenvalue weighted by Crippen LogP contribution is 2.23. The van der Waals surface area contributed by atoms with Crippen LogP contribution in [0.5, 0.6) is 0 Å². The van der Waals surface area contributed by atoms with Crippen LogP contribution in [-0.2, 0) is 0 Å². The van der Waals surface area contributed by atoms with Gasteiger partial charge in [-0.3, -0.25) is 24.1 Å². The van der Waals surface area contributed by atoms with Crippen molar-refractivity contribution in [1.82, 2.24) is 10.2 Å². The number of amides is 4. The number of carbonyl (C=O) groups excluding carboxylic acids is 4. The molecule has 2 aromatic rings. The summed E-state index contributed by atoms with van der Waals surface area (Å²) >= 11 is 0. The van der Waals surface area contributed by atoms with E-state index in [4.69, 9.17) is 0 Å². The summed E-state index contributed by atoms with van der Waals surface area (Å²) in [4.78, 5) is 50.0. The number of nitrogens with zero attached hydrogens (tertiary/aromatic N) is 1. The van der Waals surface area contributed by atoms with Crippen molar-refractivity contribution in [2.75, 3.05) is 12.4 Å². The number of anilines is 1. The standard InChI is InChI=1S/C20H19N3O4/c1-11(2)21-18(25)14-6-4-5-7-16(14)22-17(24)12-8-9-13-15(10-12)20(27)23(3)19(13)26/h4-11H,1-3H3,(H,21,25)(H,22,24). The van der Waals surface area contributed by atoms with E-state index in [1.54, 1.807) is 24.3 Å². The highest BCUT2D eigenvalue weighted by Gasteiger charge is 2.33. The highest BCUT2D eigenvalue weighted by molar-refractivity contribution is 6.22. The number of fused-ring (bicyclic) bond motifs is 1. The number of para-hydroxylation sites is 1. The fourth-order valence-corrected chi connectivity index (χ4v) is 2.83. The van der Waals surface area contributed by atoms with Crippen LogP contribution in [-0.4, -0.2) is 41.6 Å². The van der Waals surface area contributed by atoms with Crippen molar-refractivity contribution in [3.63, 3.8) is 0 Å². The van der Waals surface area contributed by atoms with Crippen LogP contribution in [0.1, 0.15) is 55.3 Å². The maximum absolute atomic E-state index is 12.6. The second-order valence-electron chi connectivity index (χ2n) is 6.56. The molecular weight excluding hydrogens is 346 g/mol. The van der Waals surface area contributed by atoms with Crippen molar-refractivity contribution in [2.45, 2.75) is 19.9 Å². The second-order valence-corrected chi connectivity index (χ2v) is 6.56. The van der Waals surface area contributed by atoms with Crippen LogP contribution in [0.2, 0.25) is 0 Å². The molecule has 0 atom stereocenters. The Kier molecular flexibility index (Phi) is 4.77. The summed E-state index contributed by atoms with van der Waals surface area (Å²) in [6.45, 7) is 3.69. The molecule has 0 spiro atoms. The lowest BCUT2D eigenvalue weighted by Crippen LogP contribution is -2.31. The monoisotopic (exact) mass is 365 g/mol. The van der Waals surface area contributed by atoms with Crippen molar-refractivity contribution in [3.05, 3.63) is 64.7 Å². The molecule has 1 aliphatic heterocycles. The third-order valence-electron chi connectivity index (χ3n) is 4.19. The van der Waals surface area contributed by atoms with Gasteiger partial charge in [0.15, 0.2) is 0 Å². The molecule has 0 fully saturated rings. The molecule has 0 radical (unpaired) electrons. The Morgan fingerprint density at radius 1 is 0.926 bits per heavy atom. The Labute approximate surface area is 156 Å². The first-order chi connectivity index (χ1) is 12.8. The second kappa shape index (κ2) is 7.03. The Balaban J connectivity index is 1.87. The molecule has 0 bridgehead atoms. The van der Waals surface area contributed by atoms with Gasteiger partial charge in [-0.1, -0.05) is 12.1 Å². The van der Waals surface area contributed by atoms with E-state index in [0.717, 1.165) is 4.90 Å². The molecule has 7 heteroatoms. The molecule has 0 aromatic heterocycles. The van der Waals surface area contributed by atoms with E-state index in [1.165, 1.54) is 25.2 Å². The predicted molar refractivity (Wildman–Crippen MR) is 99.9 cm³/mol. The van der Waals surface area contributed by atoms with E-state index in [1.807, 2.05) is 13.8 Å². The van der Waals surface area contributed by atoms with Gasteiger partial charge in [0, 0.05) is 18.7 Å². The van der Waals surface area contributed by atoms with Crippen molar-refractivity contribution >= 4 is 29.3 Å². The molecule has 1 aliphatic rings. The zero-order valence-corrected chi connectivity index (χ0v) is 15.2. The van der Waals surface area contributed by atoms with Gasteiger partial charge in [-0.15, -0.1) is 0 Å². The van der Waals surface area contributed by atoms with Gasteiger partial charge < -0.3 is 10.6 Å². The Morgan fingerprint density at radius 3 is 2.30 bits per heavy atom. The Bertz CT molecular complexity index is 965. The van der Waals surface area contributed by atoms with Gasteiger partial charge in [0.05, 0.1) is 22.4 Å². The van der Waals surface area contributed by atoms with Crippen molar-refractivity contribution in [3.8, 4) is 0 Å². The Hall–Kier alpha value is -3.48. The van der Waals surface area contributed by atoms with Crippen LogP contribution in [0.15, 0.2) is 42.5 Å². The predicted octanol–water partition coefficient (Wildman–Crippen LogP) is 2.30. The maximum atomic E-state index is 12.6. The molecule has 2 N–H and O–H groups in total. The summed E-state index contributed by atoms with van der Waals surface area (Å²) in [5.74, 6) is -1.60. The lowest BCUT2D eigenvalue weighted by Gasteiger charge is -2.13. The summed E-state index contributed by atoms with van der Waals surface area (Å²) in [5, 5.41) is 5.48. The smallest absolute Gasteiger partial charge is 0.261 e. The summed E-state index contributed by atoms with van der Waals surface area (Å²) in [7, 11) is 1.40. The van der Waals surface area contributed by atoms with Crippen LogP contribution < -0.4 is 10.6 Å². The molecule has 2 aromatic carbocycles. The molecule has 138 valence electrons. The molecular formula is C20H19N3O4. The van der Waals surface area contributed by atoms with E-state index >= 15 is 0 Å². The summed E-state index contributed by atoms with van der Waals surface area (Å²) < 4.78 is 0. The van der Waals surface area contributed by atoms with Crippen molar-refractivity contribution < 1.29 is 19.2 Å². The molecule has 0 unspecified atom stereocenters. The number of rotatable bonds is 4. The van der Waals surface area contributed by atoms with Gasteiger partial charge in [-0.25, -0.2) is 0 Å². The number of imide groups is 1. The molecule has 1 heterocycles. The quantitative estimate of drug-likeness (QED) is 0.813. The number of hydrogen-bond acceptors (Lipinski definition) is 4. The maximum Gasteiger partial charge on any atom is 0.261 e. The number of nitrogens with one attached hydrogen (secondary N) is 2. The summed E-state index contributed by atoms with van der Waals surface area (Å²) in [6, 6.07) is 11.0. The number of carbonyl (C=O) groups is 4. The number of benzene rings is 2. The van der Waals surface area contributed by atoms with Crippen LogP contribution in [0.25, 0.3) is 0 Å². The van der Waals surface area contributed by atoms with Gasteiger partial charge in [0.25, 0.3) is 23.6 Å². The largest absolute Gasteiger partial charge is 0.350 e. The molecule has 0 aliphatic carbocycles. The average Bonchev–Trinajstić information content (AvgIpc) is 2.85. The molecule has 27 heavy (non-hydrogen) atoms. The molecule has 3 rings (SSSR count). The molecule has 0 saturated carbocycles. The average molecular weight is 365 g/mol. The van der Waals surface area contributed by atoms with Crippen LogP contribution >= 0.6 is 0 Å². The molecule has 4 amide bonds. The molecule has 7 nitrogen and oxygen atoms in total. The normalized spacial score (nSPS) is 13.0. The SMILES string of the molecule is CC(C)NC(=O)c1ccccc1NC(=O)c1ccc2c(c1)C(=O)N(C)C2=O. The fraction of sp³-hybridized carbons (Fsp3) is 0.200. The van der Waals surface area contributed by atoms with Gasteiger partial charge >= 0.3 is 0 Å². The Morgan fingerprint density at radius 2 is 1.59 bits per heavy atom. The van der Waals surface area contributed by atoms with Crippen LogP contribution in [0.4, 0.5) is 5.69 Å². The third-order valence-corrected chi connectivity index (χ3v) is 4.19. The molecule has 0 saturated heterocycles. The van der Waals surface area contributed by atoms with E-state index < -0.39 is 17.7 Å². The first-order valence-corrected chi connectivity index (χ1v) is 8.47. The topological polar surface area (TPSA) is 95.6 Å². The summed E-state index contributed by atoms with van der Waals surface area (Å²) in [6.07, 6.45) is 0. The van der Waals surface area contributed by atoms with Gasteiger partial charge in [-0.05, 0) is 44.2 Å². The number of hydrogen-bond donors (Lipinski definition) is 2. The summed E-state index contributed by atoms with van der Waals surface area (Å²) in [5.41, 5.74) is 1.40. The van der Waals surface area contributed by atoms with E-state index in [2.05, 4.69) is 10.6 Å². The zero-order chi connectivity index (χ0) is 19.7. The van der Waals surface area contributed by atoms with Gasteiger partial charge in [0.1, 0.15) is 0 Å². The zero-order valence-electron chi connectivity index (χ0n) is 15.2. The van der Waals surface area contributed by atoms with Gasteiger partial charge in [0.2, 0.25) is 0 Å². The minimum Gasteiger partial charge on any atom is -0.350 e. The van der Waals surface area contributed by atoms with Gasteiger partial charge in [-0.2, -0.15) is 0 Å². The van der Waals surface area contributed by atoms with Crippen molar-refractivity contribution in [2.24, 2.45) is 0 Å². The minimum atomic E-state index is -0.475. The van der Waals surface area contributed by atoms with Crippen molar-refractivity contribution in [1.29, 1.82) is 0 Å². The first kappa shape index (κ1) is 18.3. The first-order valence-electron chi connectivity index (χ1n) is 8.47. The lowest BCUT2D eigenvalue weighted by atomic mass is 10.0. The van der Waals surface area contributed by atoms with E-state index in [0.29, 0.717) is 11.3 Å². The minimum absolute atomic E-state index is 0.0430. The van der Waals surface area contributed by atoms with E-state index in [9.17, 15) is 19.2 Å². The van der Waals surface area contributed by atoms with E-state index in [-0.39, 0.29) is 28.6 Å².